The lowest BCUT2D eigenvalue weighted by molar-refractivity contribution is 0.660. The number of hydrogen-bond acceptors (Lipinski definition) is 2. The van der Waals surface area contributed by atoms with E-state index in [-0.39, 0.29) is 5.41 Å². The number of para-hydroxylation sites is 1. The Morgan fingerprint density at radius 2 is 1.08 bits per heavy atom. The van der Waals surface area contributed by atoms with Gasteiger partial charge >= 0.3 is 0 Å². The number of benzene rings is 8. The van der Waals surface area contributed by atoms with Crippen molar-refractivity contribution in [2.45, 2.75) is 19.3 Å². The molecule has 0 bridgehead atoms. The minimum atomic E-state index is -0.108. The van der Waals surface area contributed by atoms with Gasteiger partial charge in [0.25, 0.3) is 0 Å². The molecule has 2 heteroatoms. The third kappa shape index (κ3) is 4.20. The van der Waals surface area contributed by atoms with Gasteiger partial charge in [-0.3, -0.25) is 0 Å². The maximum absolute atomic E-state index is 6.39. The van der Waals surface area contributed by atoms with E-state index >= 15 is 0 Å². The van der Waals surface area contributed by atoms with Crippen LogP contribution in [0.3, 0.4) is 0 Å². The summed E-state index contributed by atoms with van der Waals surface area (Å²) < 4.78 is 6.39. The van der Waals surface area contributed by atoms with E-state index in [1.165, 1.54) is 49.5 Å². The second-order valence-corrected chi connectivity index (χ2v) is 13.8. The van der Waals surface area contributed by atoms with Crippen LogP contribution in [0, 0.1) is 0 Å². The predicted octanol–water partition coefficient (Wildman–Crippen LogP) is 13.3. The zero-order valence-corrected chi connectivity index (χ0v) is 27.4. The van der Waals surface area contributed by atoms with Crippen LogP contribution in [0.5, 0.6) is 0 Å². The summed E-state index contributed by atoms with van der Waals surface area (Å²) in [5.74, 6) is 0. The third-order valence-electron chi connectivity index (χ3n) is 10.6. The predicted molar refractivity (Wildman–Crippen MR) is 206 cm³/mol. The molecule has 0 unspecified atom stereocenters. The molecule has 0 N–H and O–H groups in total. The summed E-state index contributed by atoms with van der Waals surface area (Å²) in [5, 5.41) is 7.10. The van der Waals surface area contributed by atoms with Crippen LogP contribution < -0.4 is 4.90 Å². The molecule has 0 amide bonds. The number of rotatable bonds is 4. The van der Waals surface area contributed by atoms with E-state index in [0.717, 1.165) is 44.4 Å². The summed E-state index contributed by atoms with van der Waals surface area (Å²) in [7, 11) is 0. The molecule has 0 aliphatic heterocycles. The van der Waals surface area contributed by atoms with Gasteiger partial charge in [-0.25, -0.2) is 0 Å². The molecule has 1 aliphatic rings. The number of fused-ring (bicyclic) bond motifs is 9. The van der Waals surface area contributed by atoms with Crippen LogP contribution in [-0.4, -0.2) is 0 Å². The van der Waals surface area contributed by atoms with E-state index in [0.29, 0.717) is 0 Å². The molecule has 0 saturated carbocycles. The molecule has 8 aromatic carbocycles. The Morgan fingerprint density at radius 3 is 1.92 bits per heavy atom. The second-order valence-electron chi connectivity index (χ2n) is 13.8. The van der Waals surface area contributed by atoms with Crippen LogP contribution in [0.15, 0.2) is 168 Å². The van der Waals surface area contributed by atoms with Gasteiger partial charge in [0, 0.05) is 32.9 Å². The third-order valence-corrected chi connectivity index (χ3v) is 10.6. The molecule has 1 heterocycles. The monoisotopic (exact) mass is 627 g/mol. The SMILES string of the molecule is CC1(C)c2ccccc2-c2ccc(N(c3ccc(-c4ccccc4)cc3)c3cc4cc5oc6ccccc6c5cc4c4ccccc34)cc21. The lowest BCUT2D eigenvalue weighted by atomic mass is 9.82. The van der Waals surface area contributed by atoms with Crippen molar-refractivity contribution < 1.29 is 4.42 Å². The fraction of sp³-hybridized carbons (Fsp3) is 0.0638. The first-order chi connectivity index (χ1) is 24.0. The fourth-order valence-corrected chi connectivity index (χ4v) is 8.18. The van der Waals surface area contributed by atoms with Crippen molar-refractivity contribution in [1.82, 2.24) is 0 Å². The van der Waals surface area contributed by atoms with Gasteiger partial charge in [-0.2, -0.15) is 0 Å². The lowest BCUT2D eigenvalue weighted by Gasteiger charge is -2.29. The Balaban J connectivity index is 1.23. The number of furan rings is 1. The maximum Gasteiger partial charge on any atom is 0.136 e. The van der Waals surface area contributed by atoms with E-state index in [1.807, 2.05) is 6.07 Å². The van der Waals surface area contributed by atoms with Crippen molar-refractivity contribution >= 4 is 60.5 Å². The standard InChI is InChI=1S/C47H33NO/c1-47(2)42-18-10-8-15-36(42)37-25-24-34(28-43(37)47)48(33-22-20-31(21-23-33)30-12-4-3-5-13-30)44-26-32-27-46-41(39-17-9-11-19-45(39)49-46)29-40(32)35-14-6-7-16-38(35)44/h3-29H,1-2H3. The fourth-order valence-electron chi connectivity index (χ4n) is 8.18. The van der Waals surface area contributed by atoms with Gasteiger partial charge in [0.1, 0.15) is 11.2 Å². The zero-order valence-electron chi connectivity index (χ0n) is 27.4. The second kappa shape index (κ2) is 10.4. The van der Waals surface area contributed by atoms with Crippen molar-refractivity contribution in [1.29, 1.82) is 0 Å². The minimum absolute atomic E-state index is 0.108. The largest absolute Gasteiger partial charge is 0.456 e. The molecule has 232 valence electrons. The van der Waals surface area contributed by atoms with E-state index in [1.54, 1.807) is 0 Å². The van der Waals surface area contributed by atoms with Gasteiger partial charge < -0.3 is 9.32 Å². The normalized spacial score (nSPS) is 13.3. The first-order valence-electron chi connectivity index (χ1n) is 17.0. The minimum Gasteiger partial charge on any atom is -0.456 e. The molecule has 0 saturated heterocycles. The van der Waals surface area contributed by atoms with Crippen molar-refractivity contribution in [2.75, 3.05) is 4.90 Å². The van der Waals surface area contributed by atoms with Crippen LogP contribution in [0.2, 0.25) is 0 Å². The molecular formula is C47H33NO. The Kier molecular flexibility index (Phi) is 5.95. The van der Waals surface area contributed by atoms with Crippen molar-refractivity contribution in [3.8, 4) is 22.3 Å². The van der Waals surface area contributed by atoms with E-state index in [4.69, 9.17) is 4.42 Å². The molecular weight excluding hydrogens is 595 g/mol. The summed E-state index contributed by atoms with van der Waals surface area (Å²) in [6.45, 7) is 4.70. The zero-order chi connectivity index (χ0) is 32.7. The average Bonchev–Trinajstić information content (AvgIpc) is 3.62. The lowest BCUT2D eigenvalue weighted by Crippen LogP contribution is -2.16. The molecule has 1 aromatic heterocycles. The summed E-state index contributed by atoms with van der Waals surface area (Å²) in [5.41, 5.74) is 12.9. The first kappa shape index (κ1) is 27.9. The molecule has 0 atom stereocenters. The van der Waals surface area contributed by atoms with Gasteiger partial charge in [0.05, 0.1) is 5.69 Å². The van der Waals surface area contributed by atoms with E-state index in [9.17, 15) is 0 Å². The highest BCUT2D eigenvalue weighted by molar-refractivity contribution is 6.20. The smallest absolute Gasteiger partial charge is 0.136 e. The highest BCUT2D eigenvalue weighted by Gasteiger charge is 2.35. The summed E-state index contributed by atoms with van der Waals surface area (Å²) >= 11 is 0. The highest BCUT2D eigenvalue weighted by atomic mass is 16.3. The van der Waals surface area contributed by atoms with Crippen LogP contribution >= 0.6 is 0 Å². The van der Waals surface area contributed by atoms with Crippen LogP contribution in [0.1, 0.15) is 25.0 Å². The van der Waals surface area contributed by atoms with Crippen molar-refractivity contribution in [3.05, 3.63) is 175 Å². The maximum atomic E-state index is 6.39. The molecule has 0 radical (unpaired) electrons. The van der Waals surface area contributed by atoms with Crippen LogP contribution in [0.25, 0.3) is 65.7 Å². The van der Waals surface area contributed by atoms with Gasteiger partial charge in [-0.15, -0.1) is 0 Å². The quantitative estimate of drug-likeness (QED) is 0.181. The Morgan fingerprint density at radius 1 is 0.429 bits per heavy atom. The summed E-state index contributed by atoms with van der Waals surface area (Å²) in [6, 6.07) is 59.5. The van der Waals surface area contributed by atoms with Gasteiger partial charge in [0.2, 0.25) is 0 Å². The topological polar surface area (TPSA) is 16.4 Å². The molecule has 1 aliphatic carbocycles. The van der Waals surface area contributed by atoms with Gasteiger partial charge in [-0.1, -0.05) is 129 Å². The van der Waals surface area contributed by atoms with E-state index in [2.05, 4.69) is 176 Å². The number of nitrogens with zero attached hydrogens (tertiary/aromatic N) is 1. The highest BCUT2D eigenvalue weighted by Crippen LogP contribution is 2.51. The van der Waals surface area contributed by atoms with Crippen molar-refractivity contribution in [3.63, 3.8) is 0 Å². The molecule has 9 aromatic rings. The molecule has 10 rings (SSSR count). The van der Waals surface area contributed by atoms with Crippen LogP contribution in [0.4, 0.5) is 17.1 Å². The average molecular weight is 628 g/mol. The van der Waals surface area contributed by atoms with E-state index < -0.39 is 0 Å². The number of hydrogen-bond donors (Lipinski definition) is 0. The first-order valence-corrected chi connectivity index (χ1v) is 17.0. The molecule has 49 heavy (non-hydrogen) atoms. The molecule has 0 spiro atoms. The Labute approximate surface area is 285 Å². The van der Waals surface area contributed by atoms with Gasteiger partial charge in [0.15, 0.2) is 0 Å². The Bertz CT molecular complexity index is 2730. The Hall–Kier alpha value is -6.12. The van der Waals surface area contributed by atoms with Crippen LogP contribution in [-0.2, 0) is 5.41 Å². The number of anilines is 3. The van der Waals surface area contributed by atoms with Crippen molar-refractivity contribution in [2.24, 2.45) is 0 Å². The molecule has 0 fully saturated rings. The summed E-state index contributed by atoms with van der Waals surface area (Å²) in [4.78, 5) is 2.44. The summed E-state index contributed by atoms with van der Waals surface area (Å²) in [6.07, 6.45) is 0. The van der Waals surface area contributed by atoms with Gasteiger partial charge in [-0.05, 0) is 98.1 Å². The molecule has 2 nitrogen and oxygen atoms in total.